The van der Waals surface area contributed by atoms with Crippen molar-refractivity contribution in [2.45, 2.75) is 48.1 Å². The van der Waals surface area contributed by atoms with Crippen LogP contribution in [0.4, 0.5) is 0 Å². The summed E-state index contributed by atoms with van der Waals surface area (Å²) in [6.45, 7) is 12.6. The van der Waals surface area contributed by atoms with E-state index in [2.05, 4.69) is 18.0 Å². The Balaban J connectivity index is 0.000000829. The predicted octanol–water partition coefficient (Wildman–Crippen LogP) is 6.04. The van der Waals surface area contributed by atoms with Crippen molar-refractivity contribution in [2.24, 2.45) is 0 Å². The fraction of sp³-hybridized carbons (Fsp3) is 0.438. The molecule has 20 heavy (non-hydrogen) atoms. The first-order chi connectivity index (χ1) is 9.65. The number of benzene rings is 1. The van der Waals surface area contributed by atoms with Crippen LogP contribution in [-0.4, -0.2) is 4.98 Å². The normalized spacial score (nSPS) is 8.95. The minimum Gasteiger partial charge on any atom is -0.486 e. The predicted molar refractivity (Wildman–Crippen MR) is 90.1 cm³/mol. The van der Waals surface area contributed by atoms with E-state index in [1.54, 1.807) is 6.20 Å². The molecule has 2 aromatic rings. The van der Waals surface area contributed by atoms with Gasteiger partial charge in [-0.2, -0.15) is 0 Å². The molecule has 0 N–H and O–H groups in total. The van der Waals surface area contributed by atoms with Crippen LogP contribution >= 0.6 is 22.9 Å². The van der Waals surface area contributed by atoms with E-state index in [-0.39, 0.29) is 0 Å². The van der Waals surface area contributed by atoms with Crippen molar-refractivity contribution >= 4 is 22.9 Å². The molecule has 0 aliphatic heterocycles. The highest BCUT2D eigenvalue weighted by Crippen LogP contribution is 2.22. The molecular formula is C16H24ClNOS. The molecule has 0 unspecified atom stereocenters. The molecule has 0 saturated carbocycles. The zero-order valence-corrected chi connectivity index (χ0v) is 14.7. The van der Waals surface area contributed by atoms with E-state index in [0.29, 0.717) is 10.9 Å². The largest absolute Gasteiger partial charge is 0.486 e. The summed E-state index contributed by atoms with van der Waals surface area (Å²) in [5, 5.41) is 0.893. The monoisotopic (exact) mass is 313 g/mol. The van der Waals surface area contributed by atoms with Gasteiger partial charge in [0, 0.05) is 0 Å². The summed E-state index contributed by atoms with van der Waals surface area (Å²) in [5.41, 5.74) is 2.38. The first kappa shape index (κ1) is 18.9. The average Bonchev–Trinajstić information content (AvgIpc) is 2.88. The first-order valence-corrected chi connectivity index (χ1v) is 8.15. The van der Waals surface area contributed by atoms with E-state index in [9.17, 15) is 0 Å². The molecule has 112 valence electrons. The minimum atomic E-state index is 0.473. The summed E-state index contributed by atoms with van der Waals surface area (Å²) >= 11 is 7.24. The number of thiazole rings is 1. The van der Waals surface area contributed by atoms with Gasteiger partial charge in [0.1, 0.15) is 21.7 Å². The first-order valence-electron chi connectivity index (χ1n) is 6.95. The lowest BCUT2D eigenvalue weighted by Gasteiger charge is -2.07. The van der Waals surface area contributed by atoms with Crippen LogP contribution in [0, 0.1) is 13.8 Å². The highest BCUT2D eigenvalue weighted by Gasteiger charge is 2.03. The molecule has 1 aromatic carbocycles. The maximum absolute atomic E-state index is 5.79. The van der Waals surface area contributed by atoms with E-state index in [4.69, 9.17) is 16.3 Å². The lowest BCUT2D eigenvalue weighted by Crippen LogP contribution is -1.96. The van der Waals surface area contributed by atoms with Gasteiger partial charge < -0.3 is 4.74 Å². The van der Waals surface area contributed by atoms with Gasteiger partial charge in [0.15, 0.2) is 0 Å². The van der Waals surface area contributed by atoms with Crippen molar-refractivity contribution < 1.29 is 4.74 Å². The number of nitrogens with zero attached hydrogens (tertiary/aromatic N) is 1. The van der Waals surface area contributed by atoms with Crippen molar-refractivity contribution in [3.05, 3.63) is 44.9 Å². The van der Waals surface area contributed by atoms with Crippen LogP contribution in [-0.2, 0) is 6.61 Å². The Morgan fingerprint density at radius 1 is 1.15 bits per heavy atom. The van der Waals surface area contributed by atoms with Crippen LogP contribution in [0.1, 0.15) is 43.8 Å². The fourth-order valence-corrected chi connectivity index (χ4v) is 2.33. The van der Waals surface area contributed by atoms with Crippen molar-refractivity contribution in [1.82, 2.24) is 4.98 Å². The summed E-state index contributed by atoms with van der Waals surface area (Å²) in [7, 11) is 0. The Hall–Kier alpha value is -1.06. The van der Waals surface area contributed by atoms with Gasteiger partial charge in [0.25, 0.3) is 0 Å². The molecule has 1 aromatic heterocycles. The maximum Gasteiger partial charge on any atom is 0.140 e. The van der Waals surface area contributed by atoms with Gasteiger partial charge in [-0.05, 0) is 25.5 Å². The SMILES string of the molecule is CC.CC.Cc1ccc(OCc2ncc(Cl)s2)c(C)c1. The molecule has 0 fully saturated rings. The fourth-order valence-electron chi connectivity index (χ4n) is 1.46. The van der Waals surface area contributed by atoms with Crippen LogP contribution in [0.2, 0.25) is 4.34 Å². The molecule has 2 rings (SSSR count). The third-order valence-corrected chi connectivity index (χ3v) is 3.30. The molecule has 0 saturated heterocycles. The van der Waals surface area contributed by atoms with E-state index in [1.165, 1.54) is 16.9 Å². The Bertz CT molecular complexity index is 497. The molecule has 0 spiro atoms. The topological polar surface area (TPSA) is 22.1 Å². The second-order valence-corrected chi connectivity index (χ2v) is 5.36. The van der Waals surface area contributed by atoms with Crippen LogP contribution < -0.4 is 4.74 Å². The molecular weight excluding hydrogens is 290 g/mol. The summed E-state index contributed by atoms with van der Waals surface area (Å²) in [6.07, 6.45) is 1.65. The van der Waals surface area contributed by atoms with Crippen LogP contribution in [0.25, 0.3) is 0 Å². The Morgan fingerprint density at radius 2 is 1.80 bits per heavy atom. The number of aryl methyl sites for hydroxylation is 2. The standard InChI is InChI=1S/C12H12ClNOS.2C2H6/c1-8-3-4-10(9(2)5-8)15-7-12-14-6-11(13)16-12;2*1-2/h3-6H,7H2,1-2H3;2*1-2H3. The summed E-state index contributed by atoms with van der Waals surface area (Å²) in [6, 6.07) is 6.13. The quantitative estimate of drug-likeness (QED) is 0.688. The van der Waals surface area contributed by atoms with Crippen LogP contribution in [0.5, 0.6) is 5.75 Å². The zero-order valence-electron chi connectivity index (χ0n) is 13.2. The third-order valence-electron chi connectivity index (χ3n) is 2.21. The second-order valence-electron chi connectivity index (χ2n) is 3.62. The van der Waals surface area contributed by atoms with Crippen molar-refractivity contribution in [3.8, 4) is 5.75 Å². The molecule has 2 nitrogen and oxygen atoms in total. The molecule has 0 radical (unpaired) electrons. The average molecular weight is 314 g/mol. The van der Waals surface area contributed by atoms with Gasteiger partial charge in [0.2, 0.25) is 0 Å². The van der Waals surface area contributed by atoms with Gasteiger partial charge in [-0.15, -0.1) is 11.3 Å². The molecule has 0 amide bonds. The van der Waals surface area contributed by atoms with E-state index < -0.39 is 0 Å². The number of ether oxygens (including phenoxy) is 1. The number of hydrogen-bond donors (Lipinski definition) is 0. The molecule has 0 bridgehead atoms. The van der Waals surface area contributed by atoms with Crippen LogP contribution in [0.3, 0.4) is 0 Å². The lowest BCUT2D eigenvalue weighted by atomic mass is 10.1. The Labute approximate surface area is 131 Å². The molecule has 1 heterocycles. The van der Waals surface area contributed by atoms with Crippen molar-refractivity contribution in [3.63, 3.8) is 0 Å². The highest BCUT2D eigenvalue weighted by molar-refractivity contribution is 7.15. The highest BCUT2D eigenvalue weighted by atomic mass is 35.5. The number of aromatic nitrogens is 1. The lowest BCUT2D eigenvalue weighted by molar-refractivity contribution is 0.303. The smallest absolute Gasteiger partial charge is 0.140 e. The van der Waals surface area contributed by atoms with Gasteiger partial charge in [-0.1, -0.05) is 57.0 Å². The van der Waals surface area contributed by atoms with E-state index >= 15 is 0 Å². The molecule has 0 aliphatic carbocycles. The zero-order chi connectivity index (χ0) is 15.5. The summed E-state index contributed by atoms with van der Waals surface area (Å²) in [5.74, 6) is 0.900. The van der Waals surface area contributed by atoms with Crippen molar-refractivity contribution in [1.29, 1.82) is 0 Å². The molecule has 4 heteroatoms. The Morgan fingerprint density at radius 3 is 2.30 bits per heavy atom. The number of hydrogen-bond acceptors (Lipinski definition) is 3. The van der Waals surface area contributed by atoms with Gasteiger partial charge in [-0.25, -0.2) is 4.98 Å². The van der Waals surface area contributed by atoms with Crippen LogP contribution in [0.15, 0.2) is 24.4 Å². The summed E-state index contributed by atoms with van der Waals surface area (Å²) in [4.78, 5) is 4.14. The molecule has 0 aliphatic rings. The number of rotatable bonds is 3. The maximum atomic E-state index is 5.79. The molecule has 0 atom stereocenters. The minimum absolute atomic E-state index is 0.473. The third kappa shape index (κ3) is 6.40. The van der Waals surface area contributed by atoms with E-state index in [1.807, 2.05) is 46.8 Å². The summed E-state index contributed by atoms with van der Waals surface area (Å²) < 4.78 is 6.37. The Kier molecular flexibility index (Phi) is 10.1. The van der Waals surface area contributed by atoms with Gasteiger partial charge in [-0.3, -0.25) is 0 Å². The van der Waals surface area contributed by atoms with Gasteiger partial charge in [0.05, 0.1) is 6.20 Å². The van der Waals surface area contributed by atoms with E-state index in [0.717, 1.165) is 16.3 Å². The van der Waals surface area contributed by atoms with Crippen molar-refractivity contribution in [2.75, 3.05) is 0 Å². The van der Waals surface area contributed by atoms with Gasteiger partial charge >= 0.3 is 0 Å². The number of halogens is 1. The second kappa shape index (κ2) is 10.7.